The highest BCUT2D eigenvalue weighted by Crippen LogP contribution is 2.25. The summed E-state index contributed by atoms with van der Waals surface area (Å²) in [7, 11) is 0. The second kappa shape index (κ2) is 7.61. The minimum atomic E-state index is -0.0803. The number of nitrogens with one attached hydrogen (secondary N) is 1. The van der Waals surface area contributed by atoms with E-state index in [9.17, 15) is 9.59 Å². The van der Waals surface area contributed by atoms with Gasteiger partial charge in [-0.1, -0.05) is 31.1 Å². The Kier molecular flexibility index (Phi) is 5.02. The molecule has 2 aromatic heterocycles. The Morgan fingerprint density at radius 1 is 1.29 bits per heavy atom. The molecule has 1 fully saturated rings. The Balaban J connectivity index is 1.35. The summed E-state index contributed by atoms with van der Waals surface area (Å²) in [6, 6.07) is 7.83. The number of aromatic nitrogens is 4. The van der Waals surface area contributed by atoms with Crippen LogP contribution in [0.3, 0.4) is 0 Å². The smallest absolute Gasteiger partial charge is 0.326 e. The summed E-state index contributed by atoms with van der Waals surface area (Å²) in [4.78, 5) is 34.0. The number of imidazole rings is 1. The van der Waals surface area contributed by atoms with Gasteiger partial charge in [-0.3, -0.25) is 9.36 Å². The number of carbonyl (C=O) groups excluding carboxylic acids is 1. The zero-order valence-electron chi connectivity index (χ0n) is 16.2. The number of H-pyrrole nitrogens is 1. The van der Waals surface area contributed by atoms with Crippen LogP contribution in [0.4, 0.5) is 0 Å². The van der Waals surface area contributed by atoms with E-state index in [1.54, 1.807) is 0 Å². The minimum Gasteiger partial charge on any atom is -0.343 e. The number of benzene rings is 1. The third-order valence-corrected chi connectivity index (χ3v) is 5.36. The van der Waals surface area contributed by atoms with Crippen LogP contribution in [0.5, 0.6) is 0 Å². The first-order valence-corrected chi connectivity index (χ1v) is 9.82. The van der Waals surface area contributed by atoms with Gasteiger partial charge in [0.15, 0.2) is 5.82 Å². The van der Waals surface area contributed by atoms with Gasteiger partial charge < -0.3 is 14.4 Å². The summed E-state index contributed by atoms with van der Waals surface area (Å²) in [5, 5.41) is 3.93. The molecular formula is C20H25N5O3. The van der Waals surface area contributed by atoms with E-state index < -0.39 is 0 Å². The maximum Gasteiger partial charge on any atom is 0.326 e. The van der Waals surface area contributed by atoms with Crippen molar-refractivity contribution in [2.24, 2.45) is 0 Å². The van der Waals surface area contributed by atoms with Crippen molar-refractivity contribution in [2.75, 3.05) is 13.1 Å². The molecule has 1 N–H and O–H groups in total. The number of carbonyl (C=O) groups is 1. The summed E-state index contributed by atoms with van der Waals surface area (Å²) in [6.07, 6.45) is 2.36. The number of rotatable bonds is 5. The standard InChI is InChI=1S/C20H25N5O3/c1-13(2)19-22-17(28-23-19)7-8-18(26)24-11-9-14(10-12-24)25-16-6-4-3-5-15(16)21-20(25)27/h3-6,13-14H,7-12H2,1-2H3,(H,21,27). The minimum absolute atomic E-state index is 0.0803. The zero-order chi connectivity index (χ0) is 19.7. The molecule has 0 aliphatic carbocycles. The molecule has 4 rings (SSSR count). The highest BCUT2D eigenvalue weighted by atomic mass is 16.5. The average molecular weight is 383 g/mol. The number of aromatic amines is 1. The van der Waals surface area contributed by atoms with Crippen molar-refractivity contribution in [3.05, 3.63) is 46.5 Å². The predicted molar refractivity (Wildman–Crippen MR) is 104 cm³/mol. The highest BCUT2D eigenvalue weighted by molar-refractivity contribution is 5.77. The summed E-state index contributed by atoms with van der Waals surface area (Å²) in [5.74, 6) is 1.49. The lowest BCUT2D eigenvalue weighted by Gasteiger charge is -2.32. The van der Waals surface area contributed by atoms with Crippen LogP contribution >= 0.6 is 0 Å². The number of hydrogen-bond acceptors (Lipinski definition) is 5. The molecule has 1 aromatic carbocycles. The van der Waals surface area contributed by atoms with E-state index in [0.29, 0.717) is 37.6 Å². The van der Waals surface area contributed by atoms with Crippen molar-refractivity contribution in [1.29, 1.82) is 0 Å². The highest BCUT2D eigenvalue weighted by Gasteiger charge is 2.26. The first-order chi connectivity index (χ1) is 13.5. The molecule has 1 aliphatic heterocycles. The van der Waals surface area contributed by atoms with Crippen LogP contribution in [-0.2, 0) is 11.2 Å². The number of nitrogens with zero attached hydrogens (tertiary/aromatic N) is 4. The largest absolute Gasteiger partial charge is 0.343 e. The normalized spacial score (nSPS) is 15.6. The number of para-hydroxylation sites is 2. The fraction of sp³-hybridized carbons (Fsp3) is 0.500. The van der Waals surface area contributed by atoms with Gasteiger partial charge in [0, 0.05) is 37.9 Å². The number of likely N-dealkylation sites (tertiary alicyclic amines) is 1. The molecule has 0 saturated carbocycles. The molecule has 148 valence electrons. The first kappa shape index (κ1) is 18.5. The van der Waals surface area contributed by atoms with Crippen LogP contribution in [0.1, 0.15) is 56.8 Å². The van der Waals surface area contributed by atoms with Crippen molar-refractivity contribution in [3.63, 3.8) is 0 Å². The average Bonchev–Trinajstić information content (AvgIpc) is 3.30. The molecule has 8 heteroatoms. The molecule has 1 amide bonds. The first-order valence-electron chi connectivity index (χ1n) is 9.82. The second-order valence-electron chi connectivity index (χ2n) is 7.63. The molecule has 0 radical (unpaired) electrons. The molecule has 1 aliphatic rings. The Morgan fingerprint density at radius 2 is 2.04 bits per heavy atom. The maximum absolute atomic E-state index is 12.5. The van der Waals surface area contributed by atoms with Crippen LogP contribution in [0, 0.1) is 0 Å². The predicted octanol–water partition coefficient (Wildman–Crippen LogP) is 2.63. The number of aryl methyl sites for hydroxylation is 1. The Hall–Kier alpha value is -2.90. The number of hydrogen-bond donors (Lipinski definition) is 1. The van der Waals surface area contributed by atoms with E-state index in [2.05, 4.69) is 15.1 Å². The monoisotopic (exact) mass is 383 g/mol. The van der Waals surface area contributed by atoms with E-state index in [-0.39, 0.29) is 23.6 Å². The van der Waals surface area contributed by atoms with E-state index in [1.807, 2.05) is 47.6 Å². The van der Waals surface area contributed by atoms with Gasteiger partial charge in [0.05, 0.1) is 11.0 Å². The molecule has 0 spiro atoms. The van der Waals surface area contributed by atoms with E-state index in [1.165, 1.54) is 0 Å². The van der Waals surface area contributed by atoms with Gasteiger partial charge in [-0.15, -0.1) is 0 Å². The van der Waals surface area contributed by atoms with Crippen LogP contribution < -0.4 is 5.69 Å². The lowest BCUT2D eigenvalue weighted by atomic mass is 10.0. The molecule has 0 atom stereocenters. The molecular weight excluding hydrogens is 358 g/mol. The maximum atomic E-state index is 12.5. The number of fused-ring (bicyclic) bond motifs is 1. The van der Waals surface area contributed by atoms with E-state index in [0.717, 1.165) is 23.9 Å². The van der Waals surface area contributed by atoms with Crippen molar-refractivity contribution in [1.82, 2.24) is 24.6 Å². The van der Waals surface area contributed by atoms with Crippen LogP contribution in [0.2, 0.25) is 0 Å². The molecule has 3 aromatic rings. The molecule has 0 unspecified atom stereocenters. The Bertz CT molecular complexity index is 1020. The fourth-order valence-corrected chi connectivity index (χ4v) is 3.79. The molecule has 1 saturated heterocycles. The van der Waals surface area contributed by atoms with Crippen LogP contribution in [0.15, 0.2) is 33.6 Å². The van der Waals surface area contributed by atoms with Gasteiger partial charge in [-0.05, 0) is 25.0 Å². The summed E-state index contributed by atoms with van der Waals surface area (Å²) < 4.78 is 7.05. The third-order valence-electron chi connectivity index (χ3n) is 5.36. The Morgan fingerprint density at radius 3 is 2.75 bits per heavy atom. The topological polar surface area (TPSA) is 97.0 Å². The SMILES string of the molecule is CC(C)c1noc(CCC(=O)N2CCC(n3c(=O)[nH]c4ccccc43)CC2)n1. The van der Waals surface area contributed by atoms with Crippen molar-refractivity contribution in [2.45, 2.75) is 51.5 Å². The molecule has 3 heterocycles. The molecule has 28 heavy (non-hydrogen) atoms. The summed E-state index contributed by atoms with van der Waals surface area (Å²) in [5.41, 5.74) is 1.70. The van der Waals surface area contributed by atoms with Crippen LogP contribution in [0.25, 0.3) is 11.0 Å². The van der Waals surface area contributed by atoms with Gasteiger partial charge in [0.25, 0.3) is 0 Å². The zero-order valence-corrected chi connectivity index (χ0v) is 16.2. The van der Waals surface area contributed by atoms with Gasteiger partial charge in [0.1, 0.15) is 0 Å². The van der Waals surface area contributed by atoms with Gasteiger partial charge in [0.2, 0.25) is 11.8 Å². The number of amides is 1. The van der Waals surface area contributed by atoms with Gasteiger partial charge in [-0.2, -0.15) is 4.98 Å². The van der Waals surface area contributed by atoms with Crippen LogP contribution in [-0.4, -0.2) is 43.6 Å². The van der Waals surface area contributed by atoms with Crippen molar-refractivity contribution < 1.29 is 9.32 Å². The van der Waals surface area contributed by atoms with Gasteiger partial charge in [-0.25, -0.2) is 4.79 Å². The van der Waals surface area contributed by atoms with Crippen molar-refractivity contribution in [3.8, 4) is 0 Å². The quantitative estimate of drug-likeness (QED) is 0.730. The van der Waals surface area contributed by atoms with Crippen molar-refractivity contribution >= 4 is 16.9 Å². The fourth-order valence-electron chi connectivity index (χ4n) is 3.79. The van der Waals surface area contributed by atoms with E-state index in [4.69, 9.17) is 4.52 Å². The third kappa shape index (κ3) is 3.58. The summed E-state index contributed by atoms with van der Waals surface area (Å²) >= 11 is 0. The Labute approximate surface area is 162 Å². The summed E-state index contributed by atoms with van der Waals surface area (Å²) in [6.45, 7) is 5.30. The molecule has 0 bridgehead atoms. The lowest BCUT2D eigenvalue weighted by molar-refractivity contribution is -0.132. The van der Waals surface area contributed by atoms with Gasteiger partial charge >= 0.3 is 5.69 Å². The lowest BCUT2D eigenvalue weighted by Crippen LogP contribution is -2.40. The second-order valence-corrected chi connectivity index (χ2v) is 7.63. The van der Waals surface area contributed by atoms with E-state index >= 15 is 0 Å². The molecule has 8 nitrogen and oxygen atoms in total. The number of piperidine rings is 1.